The highest BCUT2D eigenvalue weighted by Gasteiger charge is 2.31. The molecule has 0 aliphatic rings. The Bertz CT molecular complexity index is 550. The number of nitrogens with two attached hydrogens (primary N) is 1. The molecule has 0 fully saturated rings. The van der Waals surface area contributed by atoms with Gasteiger partial charge >= 0.3 is 5.97 Å². The summed E-state index contributed by atoms with van der Waals surface area (Å²) in [7, 11) is 0. The molecular weight excluding hydrogens is 404 g/mol. The van der Waals surface area contributed by atoms with Gasteiger partial charge in [-0.1, -0.05) is 20.3 Å². The first-order chi connectivity index (χ1) is 13.1. The first kappa shape index (κ1) is 26.5. The zero-order valence-electron chi connectivity index (χ0n) is 16.7. The van der Waals surface area contributed by atoms with E-state index in [9.17, 15) is 19.2 Å². The number of rotatable bonds is 13. The molecule has 5 atom stereocenters. The molecule has 0 heterocycles. The summed E-state index contributed by atoms with van der Waals surface area (Å²) < 4.78 is 0. The Morgan fingerprint density at radius 2 is 1.68 bits per heavy atom. The maximum atomic E-state index is 12.6. The van der Waals surface area contributed by atoms with Gasteiger partial charge in [-0.3, -0.25) is 19.2 Å². The van der Waals surface area contributed by atoms with Crippen molar-refractivity contribution in [3.63, 3.8) is 0 Å². The minimum atomic E-state index is -1.18. The molecule has 0 aliphatic carbocycles. The monoisotopic (exact) mass is 436 g/mol. The van der Waals surface area contributed by atoms with E-state index >= 15 is 0 Å². The lowest BCUT2D eigenvalue weighted by atomic mass is 9.97. The molecule has 0 saturated heterocycles. The molecular formula is C17H32N4O5S2. The minimum absolute atomic E-state index is 0.0210. The number of carbonyl (C=O) groups is 4. The third-order valence-corrected chi connectivity index (χ3v) is 5.32. The van der Waals surface area contributed by atoms with Crippen molar-refractivity contribution in [3.8, 4) is 0 Å². The average molecular weight is 437 g/mol. The fraction of sp³-hybridized carbons (Fsp3) is 0.765. The van der Waals surface area contributed by atoms with Crippen molar-refractivity contribution in [3.05, 3.63) is 0 Å². The van der Waals surface area contributed by atoms with Gasteiger partial charge in [0.2, 0.25) is 17.7 Å². The van der Waals surface area contributed by atoms with E-state index in [1.807, 2.05) is 13.2 Å². The van der Waals surface area contributed by atoms with Crippen LogP contribution in [0.2, 0.25) is 0 Å². The molecule has 0 saturated carbocycles. The molecule has 162 valence electrons. The predicted molar refractivity (Wildman–Crippen MR) is 113 cm³/mol. The van der Waals surface area contributed by atoms with E-state index in [-0.39, 0.29) is 11.7 Å². The number of hydrogen-bond acceptors (Lipinski definition) is 7. The van der Waals surface area contributed by atoms with Crippen LogP contribution < -0.4 is 21.7 Å². The van der Waals surface area contributed by atoms with E-state index in [4.69, 9.17) is 10.8 Å². The normalized spacial score (nSPS) is 16.2. The Morgan fingerprint density at radius 3 is 2.14 bits per heavy atom. The summed E-state index contributed by atoms with van der Waals surface area (Å²) in [4.78, 5) is 48.1. The van der Waals surface area contributed by atoms with Gasteiger partial charge in [-0.15, -0.1) is 0 Å². The van der Waals surface area contributed by atoms with Crippen molar-refractivity contribution < 1.29 is 24.3 Å². The van der Waals surface area contributed by atoms with Crippen molar-refractivity contribution >= 4 is 48.1 Å². The van der Waals surface area contributed by atoms with Crippen LogP contribution in [0, 0.1) is 5.92 Å². The minimum Gasteiger partial charge on any atom is -0.480 e. The number of hydrogen-bond donors (Lipinski definition) is 6. The lowest BCUT2D eigenvalue weighted by Crippen LogP contribution is -2.58. The molecule has 0 aliphatic heterocycles. The molecule has 11 heteroatoms. The van der Waals surface area contributed by atoms with Crippen LogP contribution in [0.4, 0.5) is 0 Å². The first-order valence-corrected chi connectivity index (χ1v) is 11.1. The number of amides is 3. The highest BCUT2D eigenvalue weighted by Crippen LogP contribution is 2.09. The van der Waals surface area contributed by atoms with Gasteiger partial charge in [0, 0.05) is 5.75 Å². The first-order valence-electron chi connectivity index (χ1n) is 9.08. The standard InChI is InChI=1S/C17H32N4O5S2/c1-5-9(2)13(16(24)19-10(3)17(25)26)21-15(23)12(8-27)20-14(22)11(18)6-7-28-4/h9-13,27H,5-8,18H2,1-4H3,(H,19,24)(H,20,22)(H,21,23)(H,25,26). The maximum Gasteiger partial charge on any atom is 0.325 e. The van der Waals surface area contributed by atoms with Crippen LogP contribution in [0.25, 0.3) is 0 Å². The van der Waals surface area contributed by atoms with Gasteiger partial charge in [-0.25, -0.2) is 0 Å². The van der Waals surface area contributed by atoms with E-state index in [2.05, 4.69) is 28.6 Å². The Morgan fingerprint density at radius 1 is 1.07 bits per heavy atom. The van der Waals surface area contributed by atoms with Crippen LogP contribution in [0.5, 0.6) is 0 Å². The second kappa shape index (κ2) is 13.7. The molecule has 0 aromatic heterocycles. The van der Waals surface area contributed by atoms with Gasteiger partial charge in [0.25, 0.3) is 0 Å². The summed E-state index contributed by atoms with van der Waals surface area (Å²) in [5.41, 5.74) is 5.81. The second-order valence-corrected chi connectivity index (χ2v) is 7.92. The molecule has 6 N–H and O–H groups in total. The highest BCUT2D eigenvalue weighted by atomic mass is 32.2. The number of aliphatic carboxylic acids is 1. The summed E-state index contributed by atoms with van der Waals surface area (Å²) in [6.07, 6.45) is 2.95. The number of thiol groups is 1. The summed E-state index contributed by atoms with van der Waals surface area (Å²) in [6, 6.07) is -3.74. The molecule has 9 nitrogen and oxygen atoms in total. The van der Waals surface area contributed by atoms with E-state index < -0.39 is 47.9 Å². The predicted octanol–water partition coefficient (Wildman–Crippen LogP) is -0.398. The molecule has 0 rings (SSSR count). The van der Waals surface area contributed by atoms with Crippen LogP contribution in [-0.4, -0.2) is 70.7 Å². The van der Waals surface area contributed by atoms with Gasteiger partial charge in [0.05, 0.1) is 6.04 Å². The smallest absolute Gasteiger partial charge is 0.325 e. The number of nitrogens with one attached hydrogen (secondary N) is 3. The fourth-order valence-corrected chi connectivity index (χ4v) is 2.92. The van der Waals surface area contributed by atoms with E-state index in [1.54, 1.807) is 18.7 Å². The van der Waals surface area contributed by atoms with Crippen molar-refractivity contribution in [2.24, 2.45) is 11.7 Å². The highest BCUT2D eigenvalue weighted by molar-refractivity contribution is 7.98. The summed E-state index contributed by atoms with van der Waals surface area (Å²) in [6.45, 7) is 4.95. The lowest BCUT2D eigenvalue weighted by Gasteiger charge is -2.27. The van der Waals surface area contributed by atoms with Crippen LogP contribution >= 0.6 is 24.4 Å². The van der Waals surface area contributed by atoms with Crippen LogP contribution in [0.1, 0.15) is 33.6 Å². The summed E-state index contributed by atoms with van der Waals surface area (Å²) >= 11 is 5.66. The summed E-state index contributed by atoms with van der Waals surface area (Å²) in [5.74, 6) is -2.33. The Hall–Kier alpha value is -1.46. The average Bonchev–Trinajstić information content (AvgIpc) is 2.66. The molecule has 0 bridgehead atoms. The van der Waals surface area contributed by atoms with Crippen molar-refractivity contribution in [2.75, 3.05) is 17.8 Å². The largest absolute Gasteiger partial charge is 0.480 e. The van der Waals surface area contributed by atoms with Crippen LogP contribution in [0.15, 0.2) is 0 Å². The molecule has 3 amide bonds. The van der Waals surface area contributed by atoms with Crippen molar-refractivity contribution in [1.82, 2.24) is 16.0 Å². The number of carbonyl (C=O) groups excluding carboxylic acids is 3. The molecule has 28 heavy (non-hydrogen) atoms. The summed E-state index contributed by atoms with van der Waals surface area (Å²) in [5, 5.41) is 16.5. The lowest BCUT2D eigenvalue weighted by molar-refractivity contribution is -0.142. The Kier molecular flexibility index (Phi) is 13.0. The topological polar surface area (TPSA) is 151 Å². The van der Waals surface area contributed by atoms with Gasteiger partial charge in [0.1, 0.15) is 18.1 Å². The zero-order chi connectivity index (χ0) is 21.9. The Labute approximate surface area is 175 Å². The van der Waals surface area contributed by atoms with Crippen molar-refractivity contribution in [2.45, 2.75) is 57.8 Å². The maximum absolute atomic E-state index is 12.6. The van der Waals surface area contributed by atoms with Crippen LogP contribution in [0.3, 0.4) is 0 Å². The molecule has 0 radical (unpaired) electrons. The zero-order valence-corrected chi connectivity index (χ0v) is 18.4. The molecule has 0 aromatic rings. The second-order valence-electron chi connectivity index (χ2n) is 6.57. The van der Waals surface area contributed by atoms with Crippen molar-refractivity contribution in [1.29, 1.82) is 0 Å². The van der Waals surface area contributed by atoms with Crippen LogP contribution in [-0.2, 0) is 19.2 Å². The number of carboxylic acid groups (broad SMARTS) is 1. The number of carboxylic acids is 1. The number of thioether (sulfide) groups is 1. The van der Waals surface area contributed by atoms with E-state index in [1.165, 1.54) is 6.92 Å². The Balaban J connectivity index is 5.08. The van der Waals surface area contributed by atoms with E-state index in [0.717, 1.165) is 0 Å². The third kappa shape index (κ3) is 9.16. The SMILES string of the molecule is CCC(C)C(NC(=O)C(CS)NC(=O)C(N)CCSC)C(=O)NC(C)C(=O)O. The third-order valence-electron chi connectivity index (χ3n) is 4.31. The molecule has 0 aromatic carbocycles. The quantitative estimate of drug-likeness (QED) is 0.215. The van der Waals surface area contributed by atoms with Gasteiger partial charge in [0.15, 0.2) is 0 Å². The fourth-order valence-electron chi connectivity index (χ4n) is 2.17. The van der Waals surface area contributed by atoms with Gasteiger partial charge in [-0.05, 0) is 31.3 Å². The van der Waals surface area contributed by atoms with Gasteiger partial charge in [-0.2, -0.15) is 24.4 Å². The van der Waals surface area contributed by atoms with Gasteiger partial charge < -0.3 is 26.8 Å². The molecule has 5 unspecified atom stereocenters. The van der Waals surface area contributed by atoms with E-state index in [0.29, 0.717) is 18.6 Å². The molecule has 0 spiro atoms.